The standard InChI is InChI=1S/C18H18Cl2N4O3S/c1-18(2)13(10-14(19)20)15(18)16(25)23-11-4-6-12(7-5-11)28(26,27)24-17-21-8-3-9-22-17/h3-10,13,15H,1-2H3,(H,23,25)(H,21,22,24)/t13-,15-/m1/s1. The lowest BCUT2D eigenvalue weighted by atomic mass is 10.1. The smallest absolute Gasteiger partial charge is 0.264 e. The molecule has 10 heteroatoms. The Balaban J connectivity index is 1.68. The number of nitrogens with zero attached hydrogens (tertiary/aromatic N) is 2. The van der Waals surface area contributed by atoms with Crippen LogP contribution in [0.15, 0.2) is 58.2 Å². The average molecular weight is 441 g/mol. The molecule has 1 fully saturated rings. The van der Waals surface area contributed by atoms with Gasteiger partial charge in [-0.15, -0.1) is 0 Å². The molecule has 1 aromatic carbocycles. The zero-order chi connectivity index (χ0) is 20.5. The highest BCUT2D eigenvalue weighted by molar-refractivity contribution is 7.92. The van der Waals surface area contributed by atoms with E-state index in [2.05, 4.69) is 20.0 Å². The first-order chi connectivity index (χ1) is 13.1. The van der Waals surface area contributed by atoms with Gasteiger partial charge in [0, 0.05) is 18.1 Å². The van der Waals surface area contributed by atoms with E-state index in [1.807, 2.05) is 13.8 Å². The maximum atomic E-state index is 12.5. The Morgan fingerprint density at radius 2 is 1.75 bits per heavy atom. The van der Waals surface area contributed by atoms with Crippen LogP contribution in [0.4, 0.5) is 11.6 Å². The van der Waals surface area contributed by atoms with Crippen molar-refractivity contribution in [1.29, 1.82) is 0 Å². The minimum absolute atomic E-state index is 0.0205. The Hall–Kier alpha value is -2.16. The van der Waals surface area contributed by atoms with Crippen molar-refractivity contribution in [3.05, 3.63) is 53.3 Å². The van der Waals surface area contributed by atoms with Crippen LogP contribution in [0, 0.1) is 17.3 Å². The lowest BCUT2D eigenvalue weighted by Crippen LogP contribution is -2.17. The van der Waals surface area contributed by atoms with E-state index in [-0.39, 0.29) is 38.5 Å². The molecule has 1 aliphatic rings. The third-order valence-corrected chi connectivity index (χ3v) is 6.32. The number of benzene rings is 1. The van der Waals surface area contributed by atoms with Gasteiger partial charge in [-0.25, -0.2) is 23.1 Å². The summed E-state index contributed by atoms with van der Waals surface area (Å²) in [6.45, 7) is 3.92. The van der Waals surface area contributed by atoms with Crippen LogP contribution in [0.1, 0.15) is 13.8 Å². The number of nitrogens with one attached hydrogen (secondary N) is 2. The second-order valence-electron chi connectivity index (χ2n) is 6.97. The normalized spacial score (nSPS) is 20.1. The van der Waals surface area contributed by atoms with Gasteiger partial charge >= 0.3 is 0 Å². The van der Waals surface area contributed by atoms with Crippen molar-refractivity contribution in [2.24, 2.45) is 17.3 Å². The maximum Gasteiger partial charge on any atom is 0.264 e. The highest BCUT2D eigenvalue weighted by Gasteiger charge is 2.60. The van der Waals surface area contributed by atoms with Gasteiger partial charge in [0.2, 0.25) is 11.9 Å². The maximum absolute atomic E-state index is 12.5. The predicted octanol–water partition coefficient (Wildman–Crippen LogP) is 3.81. The van der Waals surface area contributed by atoms with Gasteiger partial charge < -0.3 is 5.32 Å². The van der Waals surface area contributed by atoms with Crippen molar-refractivity contribution in [3.8, 4) is 0 Å². The van der Waals surface area contributed by atoms with Gasteiger partial charge in [-0.1, -0.05) is 37.0 Å². The molecule has 0 aliphatic heterocycles. The third kappa shape index (κ3) is 4.45. The van der Waals surface area contributed by atoms with Crippen LogP contribution in [0.3, 0.4) is 0 Å². The molecule has 1 saturated carbocycles. The summed E-state index contributed by atoms with van der Waals surface area (Å²) in [5.74, 6) is -0.507. The Kier molecular flexibility index (Phi) is 5.65. The Bertz CT molecular complexity index is 1000. The van der Waals surface area contributed by atoms with Gasteiger partial charge in [-0.3, -0.25) is 4.79 Å². The second kappa shape index (κ2) is 7.69. The van der Waals surface area contributed by atoms with Crippen LogP contribution in [0.25, 0.3) is 0 Å². The molecule has 0 radical (unpaired) electrons. The summed E-state index contributed by atoms with van der Waals surface area (Å²) < 4.78 is 27.2. The minimum Gasteiger partial charge on any atom is -0.326 e. The number of anilines is 2. The molecule has 0 unspecified atom stereocenters. The van der Waals surface area contributed by atoms with Gasteiger partial charge in [0.15, 0.2) is 0 Å². The van der Waals surface area contributed by atoms with Gasteiger partial charge in [-0.05, 0) is 47.7 Å². The highest BCUT2D eigenvalue weighted by atomic mass is 35.5. The van der Waals surface area contributed by atoms with E-state index in [4.69, 9.17) is 23.2 Å². The number of allylic oxidation sites excluding steroid dienone is 1. The monoisotopic (exact) mass is 440 g/mol. The van der Waals surface area contributed by atoms with Gasteiger partial charge in [0.05, 0.1) is 10.8 Å². The molecule has 0 saturated heterocycles. The summed E-state index contributed by atoms with van der Waals surface area (Å²) in [7, 11) is -3.83. The molecule has 7 nitrogen and oxygen atoms in total. The van der Waals surface area contributed by atoms with Gasteiger partial charge in [-0.2, -0.15) is 0 Å². The Labute approximate surface area is 173 Å². The first-order valence-corrected chi connectivity index (χ1v) is 10.6. The van der Waals surface area contributed by atoms with Crippen LogP contribution in [0.2, 0.25) is 0 Å². The van der Waals surface area contributed by atoms with Crippen molar-refractivity contribution >= 4 is 50.8 Å². The van der Waals surface area contributed by atoms with Gasteiger partial charge in [0.25, 0.3) is 10.0 Å². The molecule has 148 valence electrons. The van der Waals surface area contributed by atoms with E-state index in [0.29, 0.717) is 5.69 Å². The van der Waals surface area contributed by atoms with E-state index >= 15 is 0 Å². The lowest BCUT2D eigenvalue weighted by Gasteiger charge is -2.09. The topological polar surface area (TPSA) is 101 Å². The fraction of sp³-hybridized carbons (Fsp3) is 0.278. The summed E-state index contributed by atoms with van der Waals surface area (Å²) >= 11 is 11.4. The van der Waals surface area contributed by atoms with Crippen molar-refractivity contribution in [3.63, 3.8) is 0 Å². The van der Waals surface area contributed by atoms with Crippen LogP contribution in [0.5, 0.6) is 0 Å². The first-order valence-electron chi connectivity index (χ1n) is 8.35. The van der Waals surface area contributed by atoms with Crippen molar-refractivity contribution in [2.75, 3.05) is 10.0 Å². The molecule has 1 aliphatic carbocycles. The van der Waals surface area contributed by atoms with E-state index in [9.17, 15) is 13.2 Å². The largest absolute Gasteiger partial charge is 0.326 e. The van der Waals surface area contributed by atoms with E-state index in [1.165, 1.54) is 36.7 Å². The molecule has 1 heterocycles. The van der Waals surface area contributed by atoms with Crippen LogP contribution < -0.4 is 10.0 Å². The summed E-state index contributed by atoms with van der Waals surface area (Å²) in [6, 6.07) is 7.41. The van der Waals surface area contributed by atoms with Crippen LogP contribution >= 0.6 is 23.2 Å². The number of amides is 1. The van der Waals surface area contributed by atoms with Crippen LogP contribution in [-0.2, 0) is 14.8 Å². The molecule has 3 rings (SSSR count). The summed E-state index contributed by atoms with van der Waals surface area (Å²) in [6.07, 6.45) is 4.53. The number of carbonyl (C=O) groups is 1. The summed E-state index contributed by atoms with van der Waals surface area (Å²) in [5.41, 5.74) is 0.240. The Morgan fingerprint density at radius 3 is 2.32 bits per heavy atom. The molecule has 2 aromatic rings. The molecular weight excluding hydrogens is 423 g/mol. The van der Waals surface area contributed by atoms with E-state index < -0.39 is 10.0 Å². The zero-order valence-corrected chi connectivity index (χ0v) is 17.4. The number of hydrogen-bond donors (Lipinski definition) is 2. The third-order valence-electron chi connectivity index (χ3n) is 4.72. The van der Waals surface area contributed by atoms with Crippen molar-refractivity contribution < 1.29 is 13.2 Å². The number of aromatic nitrogens is 2. The Morgan fingerprint density at radius 1 is 1.14 bits per heavy atom. The van der Waals surface area contributed by atoms with Gasteiger partial charge in [0.1, 0.15) is 4.49 Å². The number of sulfonamides is 1. The molecule has 28 heavy (non-hydrogen) atoms. The average Bonchev–Trinajstić information content (AvgIpc) is 3.15. The fourth-order valence-corrected chi connectivity index (χ4v) is 4.32. The highest BCUT2D eigenvalue weighted by Crippen LogP contribution is 2.60. The SMILES string of the molecule is CC1(C)[C@H](C=C(Cl)Cl)[C@@H]1C(=O)Nc1ccc(S(=O)(=O)Nc2ncccn2)cc1. The predicted molar refractivity (Wildman–Crippen MR) is 108 cm³/mol. The molecule has 2 atom stereocenters. The molecule has 0 spiro atoms. The fourth-order valence-electron chi connectivity index (χ4n) is 3.09. The first kappa shape index (κ1) is 20.6. The number of hydrogen-bond acceptors (Lipinski definition) is 5. The molecule has 2 N–H and O–H groups in total. The lowest BCUT2D eigenvalue weighted by molar-refractivity contribution is -0.118. The van der Waals surface area contributed by atoms with Crippen molar-refractivity contribution in [2.45, 2.75) is 18.7 Å². The number of carbonyl (C=O) groups excluding carboxylic acids is 1. The quantitative estimate of drug-likeness (QED) is 0.710. The zero-order valence-electron chi connectivity index (χ0n) is 15.1. The van der Waals surface area contributed by atoms with Crippen molar-refractivity contribution in [1.82, 2.24) is 9.97 Å². The molecule has 1 aromatic heterocycles. The van der Waals surface area contributed by atoms with Crippen LogP contribution in [-0.4, -0.2) is 24.3 Å². The van der Waals surface area contributed by atoms with E-state index in [0.717, 1.165) is 0 Å². The molecule has 0 bridgehead atoms. The molecular formula is C18H18Cl2N4O3S. The summed E-state index contributed by atoms with van der Waals surface area (Å²) in [4.78, 5) is 20.2. The molecule has 1 amide bonds. The second-order valence-corrected chi connectivity index (χ2v) is 9.66. The summed E-state index contributed by atoms with van der Waals surface area (Å²) in [5, 5.41) is 2.80. The number of rotatable bonds is 6. The minimum atomic E-state index is -3.83. The van der Waals surface area contributed by atoms with E-state index in [1.54, 1.807) is 12.1 Å². The number of halogens is 2.